The first-order valence-corrected chi connectivity index (χ1v) is 6.75. The Morgan fingerprint density at radius 2 is 2.10 bits per heavy atom. The second-order valence-electron chi connectivity index (χ2n) is 5.08. The molecule has 2 heterocycles. The number of hydrogen-bond donors (Lipinski definition) is 2. The van der Waals surface area contributed by atoms with Gasteiger partial charge in [0, 0.05) is 32.8 Å². The van der Waals surface area contributed by atoms with Gasteiger partial charge in [-0.1, -0.05) is 0 Å². The molecule has 6 heteroatoms. The van der Waals surface area contributed by atoms with Gasteiger partial charge in [0.05, 0.1) is 5.56 Å². The SMILES string of the molecule is CC(=O)NCC1CCN(c2ccc(C(=O)O)cn2)CC1. The van der Waals surface area contributed by atoms with E-state index in [0.29, 0.717) is 5.92 Å². The van der Waals surface area contributed by atoms with Crippen molar-refractivity contribution < 1.29 is 14.7 Å². The molecule has 1 aromatic rings. The predicted octanol–water partition coefficient (Wildman–Crippen LogP) is 1.13. The Balaban J connectivity index is 1.87. The predicted molar refractivity (Wildman–Crippen MR) is 74.8 cm³/mol. The first-order valence-electron chi connectivity index (χ1n) is 6.75. The normalized spacial score (nSPS) is 15.9. The van der Waals surface area contributed by atoms with Gasteiger partial charge in [-0.3, -0.25) is 4.79 Å². The minimum atomic E-state index is -0.960. The minimum absolute atomic E-state index is 0.0124. The molecule has 1 aromatic heterocycles. The zero-order valence-electron chi connectivity index (χ0n) is 11.5. The molecule has 0 aromatic carbocycles. The lowest BCUT2D eigenvalue weighted by Crippen LogP contribution is -2.38. The lowest BCUT2D eigenvalue weighted by atomic mass is 9.97. The van der Waals surface area contributed by atoms with Crippen LogP contribution in [0.3, 0.4) is 0 Å². The molecule has 2 rings (SSSR count). The molecule has 0 bridgehead atoms. The number of nitrogens with one attached hydrogen (secondary N) is 1. The van der Waals surface area contributed by atoms with Gasteiger partial charge in [-0.2, -0.15) is 0 Å². The first-order chi connectivity index (χ1) is 9.56. The van der Waals surface area contributed by atoms with Gasteiger partial charge < -0.3 is 15.3 Å². The van der Waals surface area contributed by atoms with E-state index in [4.69, 9.17) is 5.11 Å². The van der Waals surface area contributed by atoms with Gasteiger partial charge in [0.25, 0.3) is 0 Å². The van der Waals surface area contributed by atoms with Crippen molar-refractivity contribution in [2.24, 2.45) is 5.92 Å². The van der Waals surface area contributed by atoms with Crippen LogP contribution in [-0.2, 0) is 4.79 Å². The van der Waals surface area contributed by atoms with Crippen molar-refractivity contribution in [3.8, 4) is 0 Å². The van der Waals surface area contributed by atoms with Crippen LogP contribution in [0.15, 0.2) is 18.3 Å². The Morgan fingerprint density at radius 3 is 2.60 bits per heavy atom. The molecule has 1 amide bonds. The summed E-state index contributed by atoms with van der Waals surface area (Å²) in [5, 5.41) is 11.7. The number of carbonyl (C=O) groups excluding carboxylic acids is 1. The standard InChI is InChI=1S/C14H19N3O3/c1-10(18)15-8-11-4-6-17(7-5-11)13-3-2-12(9-16-13)14(19)20/h2-3,9,11H,4-8H2,1H3,(H,15,18)(H,19,20). The summed E-state index contributed by atoms with van der Waals surface area (Å²) in [6, 6.07) is 3.33. The van der Waals surface area contributed by atoms with Crippen molar-refractivity contribution >= 4 is 17.7 Å². The Labute approximate surface area is 117 Å². The topological polar surface area (TPSA) is 82.5 Å². The smallest absolute Gasteiger partial charge is 0.337 e. The molecule has 20 heavy (non-hydrogen) atoms. The van der Waals surface area contributed by atoms with E-state index in [1.807, 2.05) is 0 Å². The zero-order chi connectivity index (χ0) is 14.5. The summed E-state index contributed by atoms with van der Waals surface area (Å²) in [5.74, 6) is 0.373. The number of piperidine rings is 1. The Kier molecular flexibility index (Phi) is 4.55. The summed E-state index contributed by atoms with van der Waals surface area (Å²) in [6.45, 7) is 4.02. The van der Waals surface area contributed by atoms with E-state index in [2.05, 4.69) is 15.2 Å². The van der Waals surface area contributed by atoms with Crippen molar-refractivity contribution in [3.05, 3.63) is 23.9 Å². The maximum absolute atomic E-state index is 10.9. The number of pyridine rings is 1. The van der Waals surface area contributed by atoms with Gasteiger partial charge in [0.2, 0.25) is 5.91 Å². The third kappa shape index (κ3) is 3.69. The quantitative estimate of drug-likeness (QED) is 0.862. The molecule has 2 N–H and O–H groups in total. The number of carboxylic acids is 1. The van der Waals surface area contributed by atoms with Crippen molar-refractivity contribution in [3.63, 3.8) is 0 Å². The number of aromatic nitrogens is 1. The van der Waals surface area contributed by atoms with Crippen LogP contribution < -0.4 is 10.2 Å². The maximum Gasteiger partial charge on any atom is 0.337 e. The summed E-state index contributed by atoms with van der Waals surface area (Å²) in [5.41, 5.74) is 0.203. The fourth-order valence-corrected chi connectivity index (χ4v) is 2.35. The molecule has 1 aliphatic rings. The van der Waals surface area contributed by atoms with Crippen molar-refractivity contribution in [1.29, 1.82) is 0 Å². The van der Waals surface area contributed by atoms with Gasteiger partial charge in [-0.25, -0.2) is 9.78 Å². The summed E-state index contributed by atoms with van der Waals surface area (Å²) in [4.78, 5) is 28.0. The van der Waals surface area contributed by atoms with E-state index < -0.39 is 5.97 Å². The Hall–Kier alpha value is -2.11. The number of hydrogen-bond acceptors (Lipinski definition) is 4. The van der Waals surface area contributed by atoms with E-state index in [-0.39, 0.29) is 11.5 Å². The maximum atomic E-state index is 10.9. The molecule has 6 nitrogen and oxygen atoms in total. The highest BCUT2D eigenvalue weighted by atomic mass is 16.4. The molecule has 0 unspecified atom stereocenters. The van der Waals surface area contributed by atoms with E-state index >= 15 is 0 Å². The van der Waals surface area contributed by atoms with Gasteiger partial charge in [0.1, 0.15) is 5.82 Å². The average molecular weight is 277 g/mol. The van der Waals surface area contributed by atoms with Crippen LogP contribution in [0.25, 0.3) is 0 Å². The van der Waals surface area contributed by atoms with Crippen molar-refractivity contribution in [1.82, 2.24) is 10.3 Å². The molecule has 1 fully saturated rings. The third-order valence-electron chi connectivity index (χ3n) is 3.57. The minimum Gasteiger partial charge on any atom is -0.478 e. The number of nitrogens with zero attached hydrogens (tertiary/aromatic N) is 2. The third-order valence-corrected chi connectivity index (χ3v) is 3.57. The summed E-state index contributed by atoms with van der Waals surface area (Å²) < 4.78 is 0. The molecule has 0 aliphatic carbocycles. The lowest BCUT2D eigenvalue weighted by molar-refractivity contribution is -0.119. The van der Waals surface area contributed by atoms with Gasteiger partial charge >= 0.3 is 5.97 Å². The molecule has 1 aliphatic heterocycles. The van der Waals surface area contributed by atoms with Crippen LogP contribution in [-0.4, -0.2) is 41.6 Å². The van der Waals surface area contributed by atoms with E-state index in [0.717, 1.165) is 38.3 Å². The molecule has 0 radical (unpaired) electrons. The lowest BCUT2D eigenvalue weighted by Gasteiger charge is -2.32. The number of carboxylic acid groups (broad SMARTS) is 1. The van der Waals surface area contributed by atoms with Gasteiger partial charge in [0.15, 0.2) is 0 Å². The highest BCUT2D eigenvalue weighted by Crippen LogP contribution is 2.21. The van der Waals surface area contributed by atoms with E-state index in [9.17, 15) is 9.59 Å². The Bertz CT molecular complexity index is 479. The second kappa shape index (κ2) is 6.36. The molecular weight excluding hydrogens is 258 g/mol. The number of carbonyl (C=O) groups is 2. The van der Waals surface area contributed by atoms with Gasteiger partial charge in [-0.15, -0.1) is 0 Å². The van der Waals surface area contributed by atoms with Crippen LogP contribution in [0.2, 0.25) is 0 Å². The zero-order valence-corrected chi connectivity index (χ0v) is 11.5. The van der Waals surface area contributed by atoms with E-state index in [1.54, 1.807) is 12.1 Å². The van der Waals surface area contributed by atoms with Crippen LogP contribution >= 0.6 is 0 Å². The van der Waals surface area contributed by atoms with Crippen LogP contribution in [0.4, 0.5) is 5.82 Å². The van der Waals surface area contributed by atoms with Gasteiger partial charge in [-0.05, 0) is 30.9 Å². The average Bonchev–Trinajstić information content (AvgIpc) is 2.46. The molecule has 1 saturated heterocycles. The monoisotopic (exact) mass is 277 g/mol. The number of rotatable bonds is 4. The molecule has 0 saturated carbocycles. The number of aromatic carboxylic acids is 1. The first kappa shape index (κ1) is 14.3. The largest absolute Gasteiger partial charge is 0.478 e. The fourth-order valence-electron chi connectivity index (χ4n) is 2.35. The van der Waals surface area contributed by atoms with E-state index in [1.165, 1.54) is 13.1 Å². The molecule has 0 atom stereocenters. The van der Waals surface area contributed by atoms with Crippen LogP contribution in [0.5, 0.6) is 0 Å². The highest BCUT2D eigenvalue weighted by molar-refractivity contribution is 5.87. The summed E-state index contributed by atoms with van der Waals surface area (Å²) in [6.07, 6.45) is 3.40. The van der Waals surface area contributed by atoms with Crippen LogP contribution in [0, 0.1) is 5.92 Å². The molecule has 108 valence electrons. The highest BCUT2D eigenvalue weighted by Gasteiger charge is 2.20. The number of amides is 1. The second-order valence-corrected chi connectivity index (χ2v) is 5.08. The van der Waals surface area contributed by atoms with Crippen molar-refractivity contribution in [2.75, 3.05) is 24.5 Å². The Morgan fingerprint density at radius 1 is 1.40 bits per heavy atom. The number of anilines is 1. The molecule has 0 spiro atoms. The summed E-state index contributed by atoms with van der Waals surface area (Å²) in [7, 11) is 0. The summed E-state index contributed by atoms with van der Waals surface area (Å²) >= 11 is 0. The van der Waals surface area contributed by atoms with Crippen LogP contribution in [0.1, 0.15) is 30.1 Å². The molecular formula is C14H19N3O3. The fraction of sp³-hybridized carbons (Fsp3) is 0.500. The van der Waals surface area contributed by atoms with Crippen molar-refractivity contribution in [2.45, 2.75) is 19.8 Å².